The molecule has 1 aliphatic rings. The highest BCUT2D eigenvalue weighted by Crippen LogP contribution is 2.20. The molecule has 24 heavy (non-hydrogen) atoms. The Balaban J connectivity index is 1.74. The summed E-state index contributed by atoms with van der Waals surface area (Å²) in [5.41, 5.74) is 4.14. The number of likely N-dealkylation sites (N-methyl/N-ethyl adjacent to an activating group) is 1. The Morgan fingerprint density at radius 2 is 2.08 bits per heavy atom. The van der Waals surface area contributed by atoms with E-state index in [0.717, 1.165) is 68.8 Å². The van der Waals surface area contributed by atoms with E-state index in [1.807, 2.05) is 5.51 Å². The molecule has 0 amide bonds. The van der Waals surface area contributed by atoms with Crippen LogP contribution in [0.15, 0.2) is 11.6 Å². The third kappa shape index (κ3) is 4.02. The van der Waals surface area contributed by atoms with Gasteiger partial charge in [0.1, 0.15) is 5.82 Å². The van der Waals surface area contributed by atoms with Crippen LogP contribution < -0.4 is 9.80 Å². The minimum atomic E-state index is 0.746. The summed E-state index contributed by atoms with van der Waals surface area (Å²) in [5.74, 6) is 1.82. The maximum Gasteiger partial charge on any atom is 0.227 e. The average Bonchev–Trinajstić information content (AvgIpc) is 3.05. The molecule has 0 aromatic carbocycles. The quantitative estimate of drug-likeness (QED) is 0.799. The Hall–Kier alpha value is -1.73. The van der Waals surface area contributed by atoms with Crippen molar-refractivity contribution >= 4 is 23.1 Å². The van der Waals surface area contributed by atoms with Gasteiger partial charge in [-0.05, 0) is 13.3 Å². The third-order valence-electron chi connectivity index (χ3n) is 4.32. The van der Waals surface area contributed by atoms with Crippen LogP contribution in [0.25, 0.3) is 0 Å². The van der Waals surface area contributed by atoms with E-state index >= 15 is 0 Å². The summed E-state index contributed by atoms with van der Waals surface area (Å²) >= 11 is 1.73. The summed E-state index contributed by atoms with van der Waals surface area (Å²) in [6.45, 7) is 8.34. The second-order valence-corrected chi connectivity index (χ2v) is 6.94. The Morgan fingerprint density at radius 3 is 2.75 bits per heavy atom. The number of anilines is 2. The zero-order valence-corrected chi connectivity index (χ0v) is 15.5. The van der Waals surface area contributed by atoms with Crippen molar-refractivity contribution in [1.82, 2.24) is 15.0 Å². The summed E-state index contributed by atoms with van der Waals surface area (Å²) in [7, 11) is 2.10. The zero-order chi connectivity index (χ0) is 16.9. The van der Waals surface area contributed by atoms with E-state index in [1.165, 1.54) is 4.88 Å². The van der Waals surface area contributed by atoms with Gasteiger partial charge in [-0.3, -0.25) is 0 Å². The topological polar surface area (TPSA) is 54.4 Å². The minimum absolute atomic E-state index is 0.746. The van der Waals surface area contributed by atoms with Crippen molar-refractivity contribution in [2.45, 2.75) is 26.7 Å². The summed E-state index contributed by atoms with van der Waals surface area (Å²) in [6.07, 6.45) is 1.90. The molecule has 0 unspecified atom stereocenters. The van der Waals surface area contributed by atoms with Crippen LogP contribution in [0.5, 0.6) is 0 Å². The molecule has 0 aliphatic carbocycles. The number of ether oxygens (including phenoxy) is 1. The van der Waals surface area contributed by atoms with E-state index in [-0.39, 0.29) is 0 Å². The number of thiazole rings is 1. The first-order chi connectivity index (χ1) is 11.7. The van der Waals surface area contributed by atoms with Crippen LogP contribution in [0.2, 0.25) is 0 Å². The highest BCUT2D eigenvalue weighted by atomic mass is 32.1. The van der Waals surface area contributed by atoms with Crippen LogP contribution in [0, 0.1) is 6.92 Å². The number of morpholine rings is 1. The molecule has 1 saturated heterocycles. The van der Waals surface area contributed by atoms with Crippen LogP contribution in [-0.4, -0.2) is 54.8 Å². The molecule has 1 aliphatic heterocycles. The van der Waals surface area contributed by atoms with Gasteiger partial charge in [0.05, 0.1) is 24.4 Å². The largest absolute Gasteiger partial charge is 0.378 e. The smallest absolute Gasteiger partial charge is 0.227 e. The van der Waals surface area contributed by atoms with Gasteiger partial charge in [0.15, 0.2) is 0 Å². The lowest BCUT2D eigenvalue weighted by Crippen LogP contribution is -2.37. The number of aromatic nitrogens is 3. The van der Waals surface area contributed by atoms with Gasteiger partial charge in [0.2, 0.25) is 5.95 Å². The van der Waals surface area contributed by atoms with Crippen LogP contribution in [0.3, 0.4) is 0 Å². The number of hydrogen-bond donors (Lipinski definition) is 0. The molecular weight excluding hydrogens is 322 g/mol. The molecule has 7 heteroatoms. The molecule has 6 nitrogen and oxygen atoms in total. The van der Waals surface area contributed by atoms with E-state index in [2.05, 4.69) is 41.7 Å². The number of aryl methyl sites for hydroxylation is 2. The van der Waals surface area contributed by atoms with Crippen LogP contribution in [-0.2, 0) is 17.6 Å². The maximum absolute atomic E-state index is 5.43. The second kappa shape index (κ2) is 7.90. The Kier molecular flexibility index (Phi) is 5.63. The molecule has 0 atom stereocenters. The van der Waals surface area contributed by atoms with Crippen LogP contribution in [0.1, 0.15) is 23.2 Å². The van der Waals surface area contributed by atoms with Gasteiger partial charge >= 0.3 is 0 Å². The molecule has 3 rings (SSSR count). The predicted octanol–water partition coefficient (Wildman–Crippen LogP) is 2.32. The van der Waals surface area contributed by atoms with Crippen molar-refractivity contribution in [3.8, 4) is 0 Å². The molecule has 0 N–H and O–H groups in total. The summed E-state index contributed by atoms with van der Waals surface area (Å²) < 4.78 is 5.43. The molecule has 0 saturated carbocycles. The normalized spacial score (nSPS) is 14.9. The highest BCUT2D eigenvalue weighted by molar-refractivity contribution is 7.09. The first kappa shape index (κ1) is 17.1. The van der Waals surface area contributed by atoms with E-state index in [0.29, 0.717) is 0 Å². The van der Waals surface area contributed by atoms with Gasteiger partial charge in [-0.15, -0.1) is 11.3 Å². The lowest BCUT2D eigenvalue weighted by Gasteiger charge is -2.28. The fourth-order valence-corrected chi connectivity index (χ4v) is 3.47. The van der Waals surface area contributed by atoms with E-state index in [4.69, 9.17) is 14.7 Å². The molecular formula is C17H25N5OS. The van der Waals surface area contributed by atoms with Crippen molar-refractivity contribution in [2.75, 3.05) is 49.7 Å². The van der Waals surface area contributed by atoms with Gasteiger partial charge in [-0.1, -0.05) is 6.92 Å². The number of rotatable bonds is 6. The van der Waals surface area contributed by atoms with E-state index in [9.17, 15) is 0 Å². The Labute approximate surface area is 147 Å². The molecule has 0 spiro atoms. The molecule has 2 aromatic heterocycles. The van der Waals surface area contributed by atoms with Crippen molar-refractivity contribution < 1.29 is 4.74 Å². The van der Waals surface area contributed by atoms with Gasteiger partial charge in [-0.2, -0.15) is 4.98 Å². The Bertz CT molecular complexity index is 669. The second-order valence-electron chi connectivity index (χ2n) is 6.00. The summed E-state index contributed by atoms with van der Waals surface area (Å²) in [5, 5.41) is 0. The highest BCUT2D eigenvalue weighted by Gasteiger charge is 2.16. The van der Waals surface area contributed by atoms with Crippen LogP contribution in [0.4, 0.5) is 11.8 Å². The maximum atomic E-state index is 5.43. The fraction of sp³-hybridized carbons (Fsp3) is 0.588. The molecule has 130 valence electrons. The van der Waals surface area contributed by atoms with Crippen molar-refractivity contribution in [3.05, 3.63) is 27.8 Å². The molecule has 3 heterocycles. The SMILES string of the molecule is CCc1cc(N(C)CCc2scnc2C)nc(N2CCOCC2)n1. The predicted molar refractivity (Wildman–Crippen MR) is 98.3 cm³/mol. The first-order valence-electron chi connectivity index (χ1n) is 8.48. The van der Waals surface area contributed by atoms with Crippen LogP contribution >= 0.6 is 11.3 Å². The third-order valence-corrected chi connectivity index (χ3v) is 5.32. The molecule has 0 bridgehead atoms. The lowest BCUT2D eigenvalue weighted by atomic mass is 10.2. The first-order valence-corrected chi connectivity index (χ1v) is 9.36. The van der Waals surface area contributed by atoms with Gasteiger partial charge in [0.25, 0.3) is 0 Å². The van der Waals surface area contributed by atoms with Gasteiger partial charge in [0, 0.05) is 49.7 Å². The zero-order valence-electron chi connectivity index (χ0n) is 14.7. The van der Waals surface area contributed by atoms with E-state index in [1.54, 1.807) is 11.3 Å². The number of hydrogen-bond acceptors (Lipinski definition) is 7. The standard InChI is InChI=1S/C17H25N5OS/c1-4-14-11-16(20-17(19-14)22-7-9-23-10-8-22)21(3)6-5-15-13(2)18-12-24-15/h11-12H,4-10H2,1-3H3. The molecule has 2 aromatic rings. The average molecular weight is 347 g/mol. The van der Waals surface area contributed by atoms with Crippen molar-refractivity contribution in [1.29, 1.82) is 0 Å². The van der Waals surface area contributed by atoms with Crippen molar-refractivity contribution in [2.24, 2.45) is 0 Å². The fourth-order valence-electron chi connectivity index (χ4n) is 2.70. The van der Waals surface area contributed by atoms with Crippen molar-refractivity contribution in [3.63, 3.8) is 0 Å². The number of nitrogens with zero attached hydrogens (tertiary/aromatic N) is 5. The van der Waals surface area contributed by atoms with Gasteiger partial charge in [-0.25, -0.2) is 9.97 Å². The summed E-state index contributed by atoms with van der Waals surface area (Å²) in [4.78, 5) is 19.6. The van der Waals surface area contributed by atoms with E-state index < -0.39 is 0 Å². The van der Waals surface area contributed by atoms with Gasteiger partial charge < -0.3 is 14.5 Å². The lowest BCUT2D eigenvalue weighted by molar-refractivity contribution is 0.122. The molecule has 1 fully saturated rings. The minimum Gasteiger partial charge on any atom is -0.378 e. The monoisotopic (exact) mass is 347 g/mol. The summed E-state index contributed by atoms with van der Waals surface area (Å²) in [6, 6.07) is 2.10. The molecule has 0 radical (unpaired) electrons. The Morgan fingerprint density at radius 1 is 1.29 bits per heavy atom.